The zero-order chi connectivity index (χ0) is 14.6. The van der Waals surface area contributed by atoms with Gasteiger partial charge in [0.25, 0.3) is 0 Å². The molecule has 2 nitrogen and oxygen atoms in total. The molecule has 0 bridgehead atoms. The average molecular weight is 282 g/mol. The van der Waals surface area contributed by atoms with Crippen molar-refractivity contribution >= 4 is 23.2 Å². The number of anilines is 1. The number of nitrogens with one attached hydrogen (secondary N) is 1. The average Bonchev–Trinajstić information content (AvgIpc) is 2.27. The summed E-state index contributed by atoms with van der Waals surface area (Å²) in [5.41, 5.74) is 1.91. The minimum atomic E-state index is -0.114. The number of hydrogen-bond donors (Lipinski definition) is 1. The summed E-state index contributed by atoms with van der Waals surface area (Å²) in [6, 6.07) is 7.68. The van der Waals surface area contributed by atoms with Crippen LogP contribution in [0, 0.1) is 11.3 Å². The lowest BCUT2D eigenvalue weighted by Crippen LogP contribution is -2.24. The van der Waals surface area contributed by atoms with Crippen LogP contribution in [0.5, 0.6) is 0 Å². The second-order valence-electron chi connectivity index (χ2n) is 6.22. The summed E-state index contributed by atoms with van der Waals surface area (Å²) in [5.74, 6) is 0.375. The van der Waals surface area contributed by atoms with Crippen molar-refractivity contribution in [1.29, 1.82) is 0 Å². The van der Waals surface area contributed by atoms with Crippen LogP contribution < -0.4 is 5.32 Å². The highest BCUT2D eigenvalue weighted by atomic mass is 35.5. The van der Waals surface area contributed by atoms with E-state index in [4.69, 9.17) is 11.6 Å². The monoisotopic (exact) mass is 281 g/mol. The predicted molar refractivity (Wildman–Crippen MR) is 82.6 cm³/mol. The number of hydrogen-bond acceptors (Lipinski definition) is 1. The van der Waals surface area contributed by atoms with Crippen molar-refractivity contribution in [3.05, 3.63) is 29.8 Å². The van der Waals surface area contributed by atoms with Crippen molar-refractivity contribution in [3.8, 4) is 0 Å². The van der Waals surface area contributed by atoms with Crippen molar-refractivity contribution in [3.63, 3.8) is 0 Å². The Kier molecular flexibility index (Phi) is 5.42. The molecule has 0 spiro atoms. The lowest BCUT2D eigenvalue weighted by molar-refractivity contribution is -0.117. The van der Waals surface area contributed by atoms with E-state index in [9.17, 15) is 4.79 Å². The summed E-state index contributed by atoms with van der Waals surface area (Å²) >= 11 is 6.12. The highest BCUT2D eigenvalue weighted by Gasteiger charge is 2.23. The summed E-state index contributed by atoms with van der Waals surface area (Å²) in [7, 11) is 0. The lowest BCUT2D eigenvalue weighted by Gasteiger charge is -2.26. The summed E-state index contributed by atoms with van der Waals surface area (Å²) in [4.78, 5) is 12.1. The molecule has 19 heavy (non-hydrogen) atoms. The minimum absolute atomic E-state index is 0.0483. The maximum atomic E-state index is 12.1. The minimum Gasteiger partial charge on any atom is -0.326 e. The van der Waals surface area contributed by atoms with Gasteiger partial charge >= 0.3 is 0 Å². The molecule has 2 unspecified atom stereocenters. The molecule has 0 aliphatic heterocycles. The largest absolute Gasteiger partial charge is 0.326 e. The molecular weight excluding hydrogens is 258 g/mol. The van der Waals surface area contributed by atoms with Crippen molar-refractivity contribution < 1.29 is 4.79 Å². The molecule has 0 aliphatic carbocycles. The molecule has 1 aromatic carbocycles. The van der Waals surface area contributed by atoms with E-state index < -0.39 is 0 Å². The van der Waals surface area contributed by atoms with Crippen LogP contribution in [0.3, 0.4) is 0 Å². The first kappa shape index (κ1) is 16.0. The van der Waals surface area contributed by atoms with Gasteiger partial charge in [-0.25, -0.2) is 0 Å². The first-order valence-corrected chi connectivity index (χ1v) is 7.18. The maximum absolute atomic E-state index is 12.1. The fraction of sp³-hybridized carbons (Fsp3) is 0.562. The highest BCUT2D eigenvalue weighted by molar-refractivity contribution is 6.21. The van der Waals surface area contributed by atoms with Crippen LogP contribution in [0.4, 0.5) is 5.69 Å². The smallest absolute Gasteiger partial charge is 0.224 e. The summed E-state index contributed by atoms with van der Waals surface area (Å²) < 4.78 is 0. The van der Waals surface area contributed by atoms with Crippen LogP contribution in [0.1, 0.15) is 52.0 Å². The fourth-order valence-electron chi connectivity index (χ4n) is 1.74. The van der Waals surface area contributed by atoms with Gasteiger partial charge < -0.3 is 5.32 Å². The van der Waals surface area contributed by atoms with E-state index in [0.29, 0.717) is 12.3 Å². The summed E-state index contributed by atoms with van der Waals surface area (Å²) in [5, 5.41) is 2.86. The van der Waals surface area contributed by atoms with Gasteiger partial charge in [-0.2, -0.15) is 0 Å². The van der Waals surface area contributed by atoms with Gasteiger partial charge in [-0.1, -0.05) is 45.9 Å². The number of halogens is 1. The molecule has 0 saturated carbocycles. The normalized spacial score (nSPS) is 14.8. The fourth-order valence-corrected chi connectivity index (χ4v) is 1.93. The molecule has 0 radical (unpaired) electrons. The highest BCUT2D eigenvalue weighted by Crippen LogP contribution is 2.30. The van der Waals surface area contributed by atoms with E-state index in [-0.39, 0.29) is 16.7 Å². The molecule has 2 atom stereocenters. The Labute approximate surface area is 121 Å². The third-order valence-electron chi connectivity index (χ3n) is 3.63. The zero-order valence-electron chi connectivity index (χ0n) is 12.5. The second kappa shape index (κ2) is 6.42. The summed E-state index contributed by atoms with van der Waals surface area (Å²) in [6.45, 7) is 10.5. The van der Waals surface area contributed by atoms with Gasteiger partial charge in [0.15, 0.2) is 0 Å². The lowest BCUT2D eigenvalue weighted by atomic mass is 9.80. The maximum Gasteiger partial charge on any atom is 0.224 e. The van der Waals surface area contributed by atoms with Crippen LogP contribution in [0.2, 0.25) is 0 Å². The van der Waals surface area contributed by atoms with Crippen molar-refractivity contribution in [2.24, 2.45) is 11.3 Å². The van der Waals surface area contributed by atoms with Crippen LogP contribution in [-0.4, -0.2) is 5.91 Å². The molecule has 3 heteroatoms. The van der Waals surface area contributed by atoms with Crippen LogP contribution in [0.25, 0.3) is 0 Å². The molecule has 0 aromatic heterocycles. The van der Waals surface area contributed by atoms with Gasteiger partial charge in [-0.3, -0.25) is 4.79 Å². The number of para-hydroxylation sites is 1. The number of alkyl halides is 1. The third kappa shape index (κ3) is 4.87. The van der Waals surface area contributed by atoms with E-state index in [1.54, 1.807) is 0 Å². The number of benzene rings is 1. The molecule has 0 aliphatic rings. The number of rotatable bonds is 4. The van der Waals surface area contributed by atoms with Gasteiger partial charge in [0.2, 0.25) is 5.91 Å². The Morgan fingerprint density at radius 1 is 1.26 bits per heavy atom. The predicted octanol–water partition coefficient (Wildman–Crippen LogP) is 5.00. The van der Waals surface area contributed by atoms with Gasteiger partial charge in [0.05, 0.1) is 5.38 Å². The summed E-state index contributed by atoms with van der Waals surface area (Å²) in [6.07, 6.45) is 0.522. The molecule has 1 amide bonds. The molecule has 0 saturated heterocycles. The van der Waals surface area contributed by atoms with E-state index in [0.717, 1.165) is 11.3 Å². The number of amides is 1. The molecule has 0 heterocycles. The molecule has 1 N–H and O–H groups in total. The van der Waals surface area contributed by atoms with Crippen molar-refractivity contribution in [2.75, 3.05) is 5.32 Å². The second-order valence-corrected chi connectivity index (χ2v) is 6.88. The Morgan fingerprint density at radius 2 is 1.84 bits per heavy atom. The molecule has 1 aromatic rings. The first-order chi connectivity index (χ1) is 8.71. The van der Waals surface area contributed by atoms with Gasteiger partial charge in [-0.15, -0.1) is 11.6 Å². The third-order valence-corrected chi connectivity index (χ3v) is 3.87. The Morgan fingerprint density at radius 3 is 2.37 bits per heavy atom. The number of carbonyl (C=O) groups is 1. The molecule has 106 valence electrons. The van der Waals surface area contributed by atoms with E-state index in [1.807, 2.05) is 31.2 Å². The number of carbonyl (C=O) groups excluding carboxylic acids is 1. The first-order valence-electron chi connectivity index (χ1n) is 6.74. The SMILES string of the molecule is CC(Cl)c1ccccc1NC(=O)CC(C)C(C)(C)C. The van der Waals surface area contributed by atoms with E-state index in [2.05, 4.69) is 33.0 Å². The Hall–Kier alpha value is -1.02. The van der Waals surface area contributed by atoms with Gasteiger partial charge in [-0.05, 0) is 29.9 Å². The van der Waals surface area contributed by atoms with Gasteiger partial charge in [0, 0.05) is 12.1 Å². The zero-order valence-corrected chi connectivity index (χ0v) is 13.2. The Bertz CT molecular complexity index is 435. The van der Waals surface area contributed by atoms with Crippen LogP contribution >= 0.6 is 11.6 Å². The Balaban J connectivity index is 2.73. The van der Waals surface area contributed by atoms with Crippen LogP contribution in [-0.2, 0) is 4.79 Å². The van der Waals surface area contributed by atoms with Crippen molar-refractivity contribution in [1.82, 2.24) is 0 Å². The molecular formula is C16H24ClNO. The topological polar surface area (TPSA) is 29.1 Å². The van der Waals surface area contributed by atoms with Gasteiger partial charge in [0.1, 0.15) is 0 Å². The quantitative estimate of drug-likeness (QED) is 0.773. The molecule has 0 fully saturated rings. The van der Waals surface area contributed by atoms with E-state index in [1.165, 1.54) is 0 Å². The van der Waals surface area contributed by atoms with Crippen molar-refractivity contribution in [2.45, 2.75) is 46.4 Å². The standard InChI is InChI=1S/C16H24ClNO/c1-11(16(3,4)5)10-15(19)18-14-9-7-6-8-13(14)12(2)17/h6-9,11-12H,10H2,1-5H3,(H,18,19). The van der Waals surface area contributed by atoms with Crippen LogP contribution in [0.15, 0.2) is 24.3 Å². The molecule has 1 rings (SSSR count). The van der Waals surface area contributed by atoms with E-state index >= 15 is 0 Å².